The van der Waals surface area contributed by atoms with Crippen molar-refractivity contribution in [3.8, 4) is 0 Å². The summed E-state index contributed by atoms with van der Waals surface area (Å²) in [6.07, 6.45) is 2.05. The van der Waals surface area contributed by atoms with Crippen LogP contribution in [0.4, 0.5) is 15.8 Å². The summed E-state index contributed by atoms with van der Waals surface area (Å²) in [4.78, 5) is 2.26. The highest BCUT2D eigenvalue weighted by atomic mass is 19.1. The van der Waals surface area contributed by atoms with E-state index >= 15 is 0 Å². The van der Waals surface area contributed by atoms with Crippen LogP contribution >= 0.6 is 0 Å². The molecule has 0 saturated heterocycles. The average molecular weight is 272 g/mol. The summed E-state index contributed by atoms with van der Waals surface area (Å²) in [6, 6.07) is 14.7. The zero-order valence-corrected chi connectivity index (χ0v) is 11.8. The van der Waals surface area contributed by atoms with Gasteiger partial charge in [0.25, 0.3) is 0 Å². The highest BCUT2D eigenvalue weighted by molar-refractivity contribution is 5.46. The molecule has 0 aromatic heterocycles. The lowest BCUT2D eigenvalue weighted by atomic mass is 10.1. The molecule has 0 atom stereocenters. The van der Waals surface area contributed by atoms with Crippen molar-refractivity contribution in [3.63, 3.8) is 0 Å². The summed E-state index contributed by atoms with van der Waals surface area (Å²) in [5, 5.41) is 0. The average Bonchev–Trinajstić information content (AvgIpc) is 2.45. The Bertz CT molecular complexity index is 537. The van der Waals surface area contributed by atoms with E-state index in [2.05, 4.69) is 17.9 Å². The van der Waals surface area contributed by atoms with Gasteiger partial charge in [-0.05, 0) is 61.7 Å². The van der Waals surface area contributed by atoms with Crippen LogP contribution in [0.1, 0.15) is 18.9 Å². The number of hydrogen-bond acceptors (Lipinski definition) is 2. The normalized spacial score (nSPS) is 10.5. The largest absolute Gasteiger partial charge is 0.399 e. The molecule has 0 aliphatic rings. The van der Waals surface area contributed by atoms with Gasteiger partial charge in [-0.25, -0.2) is 4.39 Å². The molecular formula is C17H21FN2. The van der Waals surface area contributed by atoms with Gasteiger partial charge in [-0.1, -0.05) is 12.1 Å². The minimum absolute atomic E-state index is 0.190. The van der Waals surface area contributed by atoms with Gasteiger partial charge in [-0.2, -0.15) is 0 Å². The van der Waals surface area contributed by atoms with Gasteiger partial charge in [0.2, 0.25) is 0 Å². The first kappa shape index (κ1) is 14.4. The maximum absolute atomic E-state index is 12.9. The van der Waals surface area contributed by atoms with Crippen molar-refractivity contribution in [2.75, 3.05) is 23.7 Å². The lowest BCUT2D eigenvalue weighted by Crippen LogP contribution is -2.24. The number of aryl methyl sites for hydroxylation is 1. The Labute approximate surface area is 120 Å². The van der Waals surface area contributed by atoms with Gasteiger partial charge in [-0.15, -0.1) is 0 Å². The summed E-state index contributed by atoms with van der Waals surface area (Å²) in [5.41, 5.74) is 8.92. The molecule has 0 fully saturated rings. The molecule has 0 heterocycles. The lowest BCUT2D eigenvalue weighted by molar-refractivity contribution is 0.627. The third-order valence-corrected chi connectivity index (χ3v) is 3.42. The van der Waals surface area contributed by atoms with Crippen LogP contribution in [-0.2, 0) is 6.42 Å². The van der Waals surface area contributed by atoms with Crippen molar-refractivity contribution in [2.45, 2.75) is 19.8 Å². The fourth-order valence-electron chi connectivity index (χ4n) is 2.34. The van der Waals surface area contributed by atoms with Gasteiger partial charge in [0.05, 0.1) is 0 Å². The molecule has 20 heavy (non-hydrogen) atoms. The summed E-state index contributed by atoms with van der Waals surface area (Å²) >= 11 is 0. The van der Waals surface area contributed by atoms with Crippen molar-refractivity contribution in [2.24, 2.45) is 0 Å². The third-order valence-electron chi connectivity index (χ3n) is 3.42. The predicted octanol–water partition coefficient (Wildman–Crippen LogP) is 3.87. The van der Waals surface area contributed by atoms with Gasteiger partial charge in [0.1, 0.15) is 5.82 Å². The molecule has 2 aromatic rings. The Kier molecular flexibility index (Phi) is 4.99. The van der Waals surface area contributed by atoms with Crippen molar-refractivity contribution >= 4 is 11.4 Å². The molecule has 0 spiro atoms. The quantitative estimate of drug-likeness (QED) is 0.809. The monoisotopic (exact) mass is 272 g/mol. The molecule has 0 aliphatic heterocycles. The lowest BCUT2D eigenvalue weighted by Gasteiger charge is -2.23. The van der Waals surface area contributed by atoms with E-state index in [-0.39, 0.29) is 5.82 Å². The number of nitrogens with two attached hydrogens (primary N) is 1. The molecule has 0 aliphatic carbocycles. The van der Waals surface area contributed by atoms with Crippen LogP contribution in [0, 0.1) is 5.82 Å². The number of benzene rings is 2. The van der Waals surface area contributed by atoms with E-state index in [0.29, 0.717) is 0 Å². The molecule has 0 amide bonds. The van der Waals surface area contributed by atoms with E-state index in [1.165, 1.54) is 17.7 Å². The second-order valence-corrected chi connectivity index (χ2v) is 4.90. The van der Waals surface area contributed by atoms with Crippen molar-refractivity contribution in [1.29, 1.82) is 0 Å². The van der Waals surface area contributed by atoms with Crippen LogP contribution in [0.25, 0.3) is 0 Å². The van der Waals surface area contributed by atoms with Crippen LogP contribution in [0.3, 0.4) is 0 Å². The van der Waals surface area contributed by atoms with Crippen molar-refractivity contribution in [1.82, 2.24) is 0 Å². The zero-order chi connectivity index (χ0) is 14.4. The first-order valence-electron chi connectivity index (χ1n) is 7.04. The molecule has 2 nitrogen and oxygen atoms in total. The van der Waals surface area contributed by atoms with E-state index in [0.717, 1.165) is 37.3 Å². The van der Waals surface area contributed by atoms with Gasteiger partial charge in [0, 0.05) is 24.5 Å². The Morgan fingerprint density at radius 1 is 1.10 bits per heavy atom. The van der Waals surface area contributed by atoms with E-state index in [1.807, 2.05) is 30.3 Å². The number of rotatable bonds is 6. The summed E-state index contributed by atoms with van der Waals surface area (Å²) < 4.78 is 12.9. The Morgan fingerprint density at radius 3 is 2.50 bits per heavy atom. The highest BCUT2D eigenvalue weighted by Crippen LogP contribution is 2.16. The second-order valence-electron chi connectivity index (χ2n) is 4.90. The maximum atomic E-state index is 12.9. The number of halogens is 1. The standard InChI is InChI=1S/C17H21FN2/c1-2-20(17-10-8-15(18)9-11-17)12-4-6-14-5-3-7-16(19)13-14/h3,5,7-11,13H,2,4,6,12,19H2,1H3. The molecule has 0 radical (unpaired) electrons. The second kappa shape index (κ2) is 6.94. The van der Waals surface area contributed by atoms with Crippen LogP contribution in [0.5, 0.6) is 0 Å². The predicted molar refractivity (Wildman–Crippen MR) is 83.5 cm³/mol. The topological polar surface area (TPSA) is 29.3 Å². The minimum Gasteiger partial charge on any atom is -0.399 e. The first-order valence-corrected chi connectivity index (χ1v) is 7.04. The van der Waals surface area contributed by atoms with Crippen LogP contribution in [-0.4, -0.2) is 13.1 Å². The van der Waals surface area contributed by atoms with Crippen LogP contribution in [0.2, 0.25) is 0 Å². The molecule has 2 N–H and O–H groups in total. The summed E-state index contributed by atoms with van der Waals surface area (Å²) in [6.45, 7) is 3.99. The molecule has 0 saturated carbocycles. The van der Waals surface area contributed by atoms with Crippen molar-refractivity contribution in [3.05, 3.63) is 59.9 Å². The molecule has 0 bridgehead atoms. The van der Waals surface area contributed by atoms with Gasteiger partial charge >= 0.3 is 0 Å². The fraction of sp³-hybridized carbons (Fsp3) is 0.294. The number of nitrogen functional groups attached to an aromatic ring is 1. The van der Waals surface area contributed by atoms with Gasteiger partial charge in [-0.3, -0.25) is 0 Å². The highest BCUT2D eigenvalue weighted by Gasteiger charge is 2.04. The minimum atomic E-state index is -0.190. The molecule has 2 rings (SSSR count). The van der Waals surface area contributed by atoms with E-state index in [4.69, 9.17) is 5.73 Å². The smallest absolute Gasteiger partial charge is 0.123 e. The van der Waals surface area contributed by atoms with Gasteiger partial charge in [0.15, 0.2) is 0 Å². The fourth-order valence-corrected chi connectivity index (χ4v) is 2.34. The molecule has 2 aromatic carbocycles. The Hall–Kier alpha value is -2.03. The maximum Gasteiger partial charge on any atom is 0.123 e. The molecule has 3 heteroatoms. The van der Waals surface area contributed by atoms with Crippen LogP contribution < -0.4 is 10.6 Å². The van der Waals surface area contributed by atoms with Gasteiger partial charge < -0.3 is 10.6 Å². The number of nitrogens with zero attached hydrogens (tertiary/aromatic N) is 1. The number of anilines is 2. The Morgan fingerprint density at radius 2 is 1.85 bits per heavy atom. The van der Waals surface area contributed by atoms with Crippen LogP contribution in [0.15, 0.2) is 48.5 Å². The van der Waals surface area contributed by atoms with E-state index in [9.17, 15) is 4.39 Å². The molecular weight excluding hydrogens is 251 g/mol. The number of hydrogen-bond donors (Lipinski definition) is 1. The first-order chi connectivity index (χ1) is 9.69. The molecule has 0 unspecified atom stereocenters. The van der Waals surface area contributed by atoms with E-state index < -0.39 is 0 Å². The third kappa shape index (κ3) is 3.98. The van der Waals surface area contributed by atoms with E-state index in [1.54, 1.807) is 0 Å². The zero-order valence-electron chi connectivity index (χ0n) is 11.8. The summed E-state index contributed by atoms with van der Waals surface area (Å²) in [7, 11) is 0. The summed E-state index contributed by atoms with van der Waals surface area (Å²) in [5.74, 6) is -0.190. The Balaban J connectivity index is 1.89. The van der Waals surface area contributed by atoms with Crippen molar-refractivity contribution < 1.29 is 4.39 Å². The SMILES string of the molecule is CCN(CCCc1cccc(N)c1)c1ccc(F)cc1. The molecule has 106 valence electrons.